The smallest absolute Gasteiger partial charge is 0.154 e. The molecule has 1 aliphatic rings. The molecule has 19 heavy (non-hydrogen) atoms. The number of nitrogens with one attached hydrogen (secondary N) is 1. The number of rotatable bonds is 4. The number of aromatic nitrogens is 3. The van der Waals surface area contributed by atoms with Crippen molar-refractivity contribution >= 4 is 0 Å². The van der Waals surface area contributed by atoms with Crippen LogP contribution in [0.1, 0.15) is 18.5 Å². The number of nitrogens with zero attached hydrogens (tertiary/aromatic N) is 3. The van der Waals surface area contributed by atoms with Crippen LogP contribution in [0.4, 0.5) is 13.2 Å². The van der Waals surface area contributed by atoms with Gasteiger partial charge in [-0.1, -0.05) is 5.21 Å². The lowest BCUT2D eigenvalue weighted by molar-refractivity contribution is 0.526. The van der Waals surface area contributed by atoms with Gasteiger partial charge in [0.1, 0.15) is 11.5 Å². The topological polar surface area (TPSA) is 42.7 Å². The Morgan fingerprint density at radius 3 is 2.53 bits per heavy atom. The number of hydrogen-bond donors (Lipinski definition) is 1. The maximum Gasteiger partial charge on any atom is 0.154 e. The van der Waals surface area contributed by atoms with Crippen molar-refractivity contribution in [1.29, 1.82) is 0 Å². The Bertz CT molecular complexity index is 584. The van der Waals surface area contributed by atoms with Gasteiger partial charge < -0.3 is 5.32 Å². The van der Waals surface area contributed by atoms with Gasteiger partial charge in [-0.15, -0.1) is 5.10 Å². The first-order chi connectivity index (χ1) is 9.13. The molecule has 1 aromatic carbocycles. The first-order valence-corrected chi connectivity index (χ1v) is 5.93. The predicted octanol–water partition coefficient (Wildman–Crippen LogP) is 1.94. The lowest BCUT2D eigenvalue weighted by atomic mass is 10.3. The van der Waals surface area contributed by atoms with Crippen LogP contribution in [0.5, 0.6) is 0 Å². The lowest BCUT2D eigenvalue weighted by Crippen LogP contribution is -2.15. The summed E-state index contributed by atoms with van der Waals surface area (Å²) in [5.41, 5.74) is 0.154. The molecule has 1 aromatic heterocycles. The number of hydrogen-bond acceptors (Lipinski definition) is 3. The van der Waals surface area contributed by atoms with E-state index in [1.54, 1.807) is 0 Å². The molecule has 1 heterocycles. The number of halogens is 3. The highest BCUT2D eigenvalue weighted by Crippen LogP contribution is 2.20. The second kappa shape index (κ2) is 4.65. The Hall–Kier alpha value is -1.89. The molecule has 2 aromatic rings. The predicted molar refractivity (Wildman–Crippen MR) is 61.1 cm³/mol. The van der Waals surface area contributed by atoms with Gasteiger partial charge >= 0.3 is 0 Å². The minimum Gasteiger partial charge on any atom is -0.308 e. The molecule has 1 N–H and O–H groups in total. The normalized spacial score (nSPS) is 14.9. The molecule has 100 valence electrons. The van der Waals surface area contributed by atoms with Gasteiger partial charge in [0.05, 0.1) is 11.9 Å². The molecule has 1 saturated carbocycles. The van der Waals surface area contributed by atoms with Crippen molar-refractivity contribution in [2.45, 2.75) is 25.4 Å². The van der Waals surface area contributed by atoms with Gasteiger partial charge in [-0.05, 0) is 12.8 Å². The summed E-state index contributed by atoms with van der Waals surface area (Å²) >= 11 is 0. The SMILES string of the molecule is Fc1cc(F)c(-n2cc(CNC3CC3)nn2)c(F)c1. The summed E-state index contributed by atoms with van der Waals surface area (Å²) in [6, 6.07) is 1.73. The Kier molecular flexibility index (Phi) is 2.98. The van der Waals surface area contributed by atoms with Crippen LogP contribution in [-0.4, -0.2) is 21.0 Å². The molecular formula is C12H11F3N4. The molecule has 0 aliphatic heterocycles. The minimum absolute atomic E-state index is 0.424. The third-order valence-corrected chi connectivity index (χ3v) is 2.90. The van der Waals surface area contributed by atoms with Crippen LogP contribution in [0.3, 0.4) is 0 Å². The van der Waals surface area contributed by atoms with Gasteiger partial charge in [0.15, 0.2) is 11.6 Å². The third-order valence-electron chi connectivity index (χ3n) is 2.90. The summed E-state index contributed by atoms with van der Waals surface area (Å²) in [7, 11) is 0. The Morgan fingerprint density at radius 1 is 1.21 bits per heavy atom. The van der Waals surface area contributed by atoms with E-state index in [4.69, 9.17) is 0 Å². The zero-order valence-corrected chi connectivity index (χ0v) is 9.91. The minimum atomic E-state index is -1.01. The fourth-order valence-corrected chi connectivity index (χ4v) is 1.78. The van der Waals surface area contributed by atoms with E-state index in [2.05, 4.69) is 15.6 Å². The average Bonchev–Trinajstić information content (AvgIpc) is 3.05. The van der Waals surface area contributed by atoms with Crippen molar-refractivity contribution in [3.63, 3.8) is 0 Å². The lowest BCUT2D eigenvalue weighted by Gasteiger charge is -2.03. The van der Waals surface area contributed by atoms with Gasteiger partial charge in [-0.2, -0.15) is 0 Å². The summed E-state index contributed by atoms with van der Waals surface area (Å²) in [6.07, 6.45) is 3.69. The highest BCUT2D eigenvalue weighted by Gasteiger charge is 2.21. The second-order valence-electron chi connectivity index (χ2n) is 4.53. The van der Waals surface area contributed by atoms with Crippen molar-refractivity contribution < 1.29 is 13.2 Å². The van der Waals surface area contributed by atoms with Crippen molar-refractivity contribution in [1.82, 2.24) is 20.3 Å². The van der Waals surface area contributed by atoms with E-state index in [0.29, 0.717) is 30.4 Å². The van der Waals surface area contributed by atoms with Crippen molar-refractivity contribution in [3.8, 4) is 5.69 Å². The molecule has 0 radical (unpaired) electrons. The molecule has 0 unspecified atom stereocenters. The fourth-order valence-electron chi connectivity index (χ4n) is 1.78. The molecule has 0 spiro atoms. The van der Waals surface area contributed by atoms with E-state index in [0.717, 1.165) is 17.5 Å². The van der Waals surface area contributed by atoms with Gasteiger partial charge in [0, 0.05) is 24.7 Å². The van der Waals surface area contributed by atoms with Crippen LogP contribution in [0.15, 0.2) is 18.3 Å². The Balaban J connectivity index is 1.85. The first-order valence-electron chi connectivity index (χ1n) is 5.93. The van der Waals surface area contributed by atoms with Gasteiger partial charge in [0.25, 0.3) is 0 Å². The molecule has 1 aliphatic carbocycles. The molecule has 0 atom stereocenters. The van der Waals surface area contributed by atoms with E-state index in [1.165, 1.54) is 6.20 Å². The van der Waals surface area contributed by atoms with E-state index in [-0.39, 0.29) is 0 Å². The summed E-state index contributed by atoms with van der Waals surface area (Å²) in [6.45, 7) is 0.495. The largest absolute Gasteiger partial charge is 0.308 e. The Labute approximate surface area is 107 Å². The molecule has 7 heteroatoms. The molecule has 4 nitrogen and oxygen atoms in total. The quantitative estimate of drug-likeness (QED) is 0.921. The summed E-state index contributed by atoms with van der Waals surface area (Å²) in [5.74, 6) is -2.98. The van der Waals surface area contributed by atoms with E-state index in [9.17, 15) is 13.2 Å². The molecule has 0 saturated heterocycles. The maximum absolute atomic E-state index is 13.5. The first kappa shape index (κ1) is 12.2. The van der Waals surface area contributed by atoms with Crippen LogP contribution in [0.2, 0.25) is 0 Å². The van der Waals surface area contributed by atoms with Crippen LogP contribution in [0, 0.1) is 17.5 Å². The molecule has 0 bridgehead atoms. The fraction of sp³-hybridized carbons (Fsp3) is 0.333. The van der Waals surface area contributed by atoms with Crippen LogP contribution >= 0.6 is 0 Å². The standard InChI is InChI=1S/C12H11F3N4/c13-7-3-10(14)12(11(15)4-7)19-6-9(17-18-19)5-16-8-1-2-8/h3-4,6,8,16H,1-2,5H2. The summed E-state index contributed by atoms with van der Waals surface area (Å²) in [4.78, 5) is 0. The zero-order valence-electron chi connectivity index (χ0n) is 9.91. The van der Waals surface area contributed by atoms with E-state index in [1.807, 2.05) is 0 Å². The van der Waals surface area contributed by atoms with E-state index < -0.39 is 23.1 Å². The molecule has 1 fully saturated rings. The Morgan fingerprint density at radius 2 is 1.89 bits per heavy atom. The molecular weight excluding hydrogens is 257 g/mol. The number of benzene rings is 1. The van der Waals surface area contributed by atoms with Crippen LogP contribution < -0.4 is 5.32 Å². The zero-order chi connectivity index (χ0) is 13.4. The van der Waals surface area contributed by atoms with Gasteiger partial charge in [-0.25, -0.2) is 17.9 Å². The third kappa shape index (κ3) is 2.60. The molecule has 3 rings (SSSR count). The highest BCUT2D eigenvalue weighted by molar-refractivity contribution is 5.34. The second-order valence-corrected chi connectivity index (χ2v) is 4.53. The van der Waals surface area contributed by atoms with Crippen LogP contribution in [0.25, 0.3) is 5.69 Å². The monoisotopic (exact) mass is 268 g/mol. The van der Waals surface area contributed by atoms with Crippen molar-refractivity contribution in [2.75, 3.05) is 0 Å². The molecule has 0 amide bonds. The van der Waals surface area contributed by atoms with Gasteiger partial charge in [0.2, 0.25) is 0 Å². The van der Waals surface area contributed by atoms with E-state index >= 15 is 0 Å². The van der Waals surface area contributed by atoms with Gasteiger partial charge in [-0.3, -0.25) is 0 Å². The summed E-state index contributed by atoms with van der Waals surface area (Å²) in [5, 5.41) is 10.7. The van der Waals surface area contributed by atoms with Crippen molar-refractivity contribution in [2.24, 2.45) is 0 Å². The maximum atomic E-state index is 13.5. The van der Waals surface area contributed by atoms with Crippen LogP contribution in [-0.2, 0) is 6.54 Å². The van der Waals surface area contributed by atoms with Crippen molar-refractivity contribution in [3.05, 3.63) is 41.5 Å². The summed E-state index contributed by atoms with van der Waals surface area (Å²) < 4.78 is 40.9. The highest BCUT2D eigenvalue weighted by atomic mass is 19.1. The average molecular weight is 268 g/mol.